The molecule has 220 valence electrons. The van der Waals surface area contributed by atoms with Gasteiger partial charge in [0.2, 0.25) is 27.7 Å². The number of nitrogens with one attached hydrogen (secondary N) is 1. The van der Waals surface area contributed by atoms with Crippen molar-refractivity contribution in [2.45, 2.75) is 83.8 Å². The fourth-order valence-corrected chi connectivity index (χ4v) is 9.57. The molecule has 1 aliphatic carbocycles. The van der Waals surface area contributed by atoms with Crippen molar-refractivity contribution in [2.75, 3.05) is 26.2 Å². The van der Waals surface area contributed by atoms with Gasteiger partial charge in [0.15, 0.2) is 0 Å². The van der Waals surface area contributed by atoms with Crippen LogP contribution in [0.15, 0.2) is 17.5 Å². The van der Waals surface area contributed by atoms with Gasteiger partial charge in [-0.05, 0) is 74.0 Å². The van der Waals surface area contributed by atoms with Gasteiger partial charge in [-0.3, -0.25) is 14.4 Å². The van der Waals surface area contributed by atoms with Crippen molar-refractivity contribution in [3.8, 4) is 0 Å². The SMILES string of the molecule is CC1(C)C[C@@H]2C[C@@](C)(CN2C(=O)[C@@H]2CCCN2C(=O)CN2CCC[C@H](NS(=O)(=O)/C=C/c3ccc(Cl)s3)C2=O)C1. The fourth-order valence-electron chi connectivity index (χ4n) is 7.50. The molecule has 0 spiro atoms. The van der Waals surface area contributed by atoms with Crippen molar-refractivity contribution in [3.63, 3.8) is 0 Å². The van der Waals surface area contributed by atoms with Gasteiger partial charge >= 0.3 is 0 Å². The van der Waals surface area contributed by atoms with Gasteiger partial charge < -0.3 is 14.7 Å². The maximum atomic E-state index is 13.8. The Bertz CT molecular complexity index is 1310. The summed E-state index contributed by atoms with van der Waals surface area (Å²) in [6.07, 6.45) is 6.83. The third-order valence-corrected chi connectivity index (χ3v) is 11.0. The summed E-state index contributed by atoms with van der Waals surface area (Å²) >= 11 is 7.15. The number of amides is 3. The highest BCUT2D eigenvalue weighted by Gasteiger charge is 2.52. The van der Waals surface area contributed by atoms with Gasteiger partial charge in [0.1, 0.15) is 12.1 Å². The normalized spacial score (nSPS) is 30.4. The van der Waals surface area contributed by atoms with Crippen molar-refractivity contribution in [3.05, 3.63) is 26.8 Å². The monoisotopic (exact) mass is 610 g/mol. The number of hydrogen-bond donors (Lipinski definition) is 1. The lowest BCUT2D eigenvalue weighted by Gasteiger charge is -2.39. The highest BCUT2D eigenvalue weighted by atomic mass is 35.5. The summed E-state index contributed by atoms with van der Waals surface area (Å²) in [4.78, 5) is 46.2. The number of likely N-dealkylation sites (tertiary alicyclic amines) is 3. The molecule has 0 unspecified atom stereocenters. The Balaban J connectivity index is 1.20. The van der Waals surface area contributed by atoms with Crippen LogP contribution >= 0.6 is 22.9 Å². The fraction of sp³-hybridized carbons (Fsp3) is 0.679. The van der Waals surface area contributed by atoms with Crippen LogP contribution in [-0.2, 0) is 24.4 Å². The average molecular weight is 611 g/mol. The first kappa shape index (κ1) is 29.5. The minimum atomic E-state index is -3.88. The Morgan fingerprint density at radius 1 is 1.12 bits per heavy atom. The zero-order valence-corrected chi connectivity index (χ0v) is 25.8. The molecule has 3 saturated heterocycles. The Morgan fingerprint density at radius 2 is 1.88 bits per heavy atom. The van der Waals surface area contributed by atoms with E-state index in [0.717, 1.165) is 37.6 Å². The molecule has 0 aromatic carbocycles. The minimum Gasteiger partial charge on any atom is -0.337 e. The van der Waals surface area contributed by atoms with Gasteiger partial charge in [0.25, 0.3) is 0 Å². The van der Waals surface area contributed by atoms with E-state index in [1.54, 1.807) is 17.0 Å². The van der Waals surface area contributed by atoms with E-state index in [-0.39, 0.29) is 35.2 Å². The van der Waals surface area contributed by atoms with Crippen LogP contribution in [0.5, 0.6) is 0 Å². The zero-order chi connectivity index (χ0) is 28.9. The molecule has 4 atom stereocenters. The third-order valence-electron chi connectivity index (χ3n) is 8.72. The van der Waals surface area contributed by atoms with Crippen LogP contribution in [0, 0.1) is 10.8 Å². The highest BCUT2D eigenvalue weighted by Crippen LogP contribution is 2.52. The number of sulfonamides is 1. The molecule has 5 rings (SSSR count). The van der Waals surface area contributed by atoms with Crippen LogP contribution in [0.1, 0.15) is 70.6 Å². The lowest BCUT2D eigenvalue weighted by atomic mass is 9.65. The first-order valence-corrected chi connectivity index (χ1v) is 16.8. The van der Waals surface area contributed by atoms with E-state index in [2.05, 4.69) is 25.5 Å². The Kier molecular flexibility index (Phi) is 8.15. The summed E-state index contributed by atoms with van der Waals surface area (Å²) in [5, 5.41) is 1.03. The molecule has 1 N–H and O–H groups in total. The predicted octanol–water partition coefficient (Wildman–Crippen LogP) is 3.70. The first-order valence-electron chi connectivity index (χ1n) is 14.1. The van der Waals surface area contributed by atoms with E-state index < -0.39 is 28.0 Å². The summed E-state index contributed by atoms with van der Waals surface area (Å²) in [5.74, 6) is -0.635. The number of hydrogen-bond acceptors (Lipinski definition) is 6. The lowest BCUT2D eigenvalue weighted by molar-refractivity contribution is -0.148. The van der Waals surface area contributed by atoms with Gasteiger partial charge in [0.05, 0.1) is 10.9 Å². The van der Waals surface area contributed by atoms with Crippen molar-refractivity contribution >= 4 is 56.8 Å². The first-order chi connectivity index (χ1) is 18.7. The van der Waals surface area contributed by atoms with Gasteiger partial charge in [-0.2, -0.15) is 4.72 Å². The maximum absolute atomic E-state index is 13.8. The Hall–Kier alpha value is -1.95. The molecule has 40 heavy (non-hydrogen) atoms. The van der Waals surface area contributed by atoms with Crippen molar-refractivity contribution in [1.82, 2.24) is 19.4 Å². The number of halogens is 1. The lowest BCUT2D eigenvalue weighted by Crippen LogP contribution is -2.56. The molecule has 4 heterocycles. The molecule has 3 amide bonds. The summed E-state index contributed by atoms with van der Waals surface area (Å²) in [5.41, 5.74) is 0.308. The third kappa shape index (κ3) is 6.42. The number of carbonyl (C=O) groups is 3. The summed E-state index contributed by atoms with van der Waals surface area (Å²) in [7, 11) is -3.88. The van der Waals surface area contributed by atoms with Gasteiger partial charge in [-0.1, -0.05) is 32.4 Å². The van der Waals surface area contributed by atoms with Crippen LogP contribution < -0.4 is 4.72 Å². The predicted molar refractivity (Wildman–Crippen MR) is 156 cm³/mol. The van der Waals surface area contributed by atoms with E-state index in [4.69, 9.17) is 11.6 Å². The largest absolute Gasteiger partial charge is 0.337 e. The number of rotatable bonds is 7. The summed E-state index contributed by atoms with van der Waals surface area (Å²) < 4.78 is 28.3. The summed E-state index contributed by atoms with van der Waals surface area (Å²) in [6.45, 7) is 8.27. The molecule has 3 aliphatic heterocycles. The van der Waals surface area contributed by atoms with E-state index in [9.17, 15) is 22.8 Å². The van der Waals surface area contributed by atoms with E-state index in [1.807, 2.05) is 4.90 Å². The van der Waals surface area contributed by atoms with Crippen LogP contribution in [0.3, 0.4) is 0 Å². The van der Waals surface area contributed by atoms with Crippen molar-refractivity contribution < 1.29 is 22.8 Å². The molecule has 0 radical (unpaired) electrons. The number of piperidine rings is 1. The van der Waals surface area contributed by atoms with Crippen LogP contribution in [0.4, 0.5) is 0 Å². The molecule has 9 nitrogen and oxygen atoms in total. The molecule has 4 aliphatic rings. The van der Waals surface area contributed by atoms with E-state index >= 15 is 0 Å². The number of carbonyl (C=O) groups excluding carboxylic acids is 3. The molecule has 1 saturated carbocycles. The average Bonchev–Trinajstić information content (AvgIpc) is 3.56. The Morgan fingerprint density at radius 3 is 2.60 bits per heavy atom. The van der Waals surface area contributed by atoms with Crippen molar-refractivity contribution in [2.24, 2.45) is 10.8 Å². The molecular weight excluding hydrogens is 572 g/mol. The zero-order valence-electron chi connectivity index (χ0n) is 23.4. The maximum Gasteiger partial charge on any atom is 0.245 e. The quantitative estimate of drug-likeness (QED) is 0.507. The number of fused-ring (bicyclic) bond motifs is 2. The van der Waals surface area contributed by atoms with Crippen LogP contribution in [0.25, 0.3) is 6.08 Å². The highest BCUT2D eigenvalue weighted by molar-refractivity contribution is 7.92. The topological polar surface area (TPSA) is 107 Å². The molecule has 4 fully saturated rings. The second-order valence-electron chi connectivity index (χ2n) is 13.0. The van der Waals surface area contributed by atoms with Crippen molar-refractivity contribution in [1.29, 1.82) is 0 Å². The molecule has 1 aromatic heterocycles. The standard InChI is InChI=1S/C28H39ClN4O5S2/c1-27(2)14-19-15-28(3,17-27)18-33(19)26(36)22-7-5-12-32(22)24(34)16-31-11-4-6-21(25(31)35)30-40(37,38)13-10-20-8-9-23(29)39-20/h8-10,13,19,21-22,30H,4-7,11-12,14-18H2,1-3H3/b13-10+/t19-,21+,22+,28-/m1/s1. The number of nitrogens with zero attached hydrogens (tertiary/aromatic N) is 3. The van der Waals surface area contributed by atoms with Crippen LogP contribution in [-0.4, -0.2) is 85.1 Å². The molecular formula is C28H39ClN4O5S2. The minimum absolute atomic E-state index is 0.0340. The number of thiophene rings is 1. The smallest absolute Gasteiger partial charge is 0.245 e. The van der Waals surface area contributed by atoms with Gasteiger partial charge in [-0.25, -0.2) is 8.42 Å². The second-order valence-corrected chi connectivity index (χ2v) is 16.3. The van der Waals surface area contributed by atoms with E-state index in [1.165, 1.54) is 22.3 Å². The molecule has 1 aromatic rings. The second kappa shape index (κ2) is 11.0. The molecule has 12 heteroatoms. The van der Waals surface area contributed by atoms with Gasteiger partial charge in [0, 0.05) is 36.0 Å². The van der Waals surface area contributed by atoms with Gasteiger partial charge in [-0.15, -0.1) is 11.3 Å². The van der Waals surface area contributed by atoms with Crippen LogP contribution in [0.2, 0.25) is 4.34 Å². The molecule has 2 bridgehead atoms. The summed E-state index contributed by atoms with van der Waals surface area (Å²) in [6, 6.07) is 2.17. The van der Waals surface area contributed by atoms with E-state index in [0.29, 0.717) is 41.6 Å². The Labute approximate surface area is 245 Å².